The van der Waals surface area contributed by atoms with E-state index in [1.54, 1.807) is 6.20 Å². The van der Waals surface area contributed by atoms with Crippen LogP contribution in [0.1, 0.15) is 63.6 Å². The average molecular weight is 516 g/mol. The van der Waals surface area contributed by atoms with E-state index in [4.69, 9.17) is 4.74 Å². The van der Waals surface area contributed by atoms with Crippen molar-refractivity contribution in [3.8, 4) is 0 Å². The Morgan fingerprint density at radius 1 is 1.12 bits per heavy atom. The van der Waals surface area contributed by atoms with E-state index in [1.165, 1.54) is 5.56 Å². The predicted octanol–water partition coefficient (Wildman–Crippen LogP) is 5.58. The van der Waals surface area contributed by atoms with Gasteiger partial charge in [0.15, 0.2) is 0 Å². The van der Waals surface area contributed by atoms with Gasteiger partial charge in [0, 0.05) is 29.3 Å². The molecule has 1 heterocycles. The number of benzene rings is 1. The molecule has 1 fully saturated rings. The van der Waals surface area contributed by atoms with Gasteiger partial charge in [-0.3, -0.25) is 9.78 Å². The Kier molecular flexibility index (Phi) is 8.89. The number of hydrogen-bond donors (Lipinski definition) is 2. The number of hydrogen-bond acceptors (Lipinski definition) is 4. The maximum Gasteiger partial charge on any atom is 0.407 e. The molecule has 1 aromatic heterocycles. The Morgan fingerprint density at radius 2 is 1.82 bits per heavy atom. The molecule has 0 aliphatic heterocycles. The van der Waals surface area contributed by atoms with Crippen molar-refractivity contribution in [2.45, 2.75) is 64.5 Å². The molecule has 1 aliphatic carbocycles. The normalized spacial score (nSPS) is 19.4. The van der Waals surface area contributed by atoms with Crippen molar-refractivity contribution in [1.29, 1.82) is 0 Å². The van der Waals surface area contributed by atoms with Crippen molar-refractivity contribution in [1.82, 2.24) is 15.6 Å². The predicted molar refractivity (Wildman–Crippen MR) is 133 cm³/mol. The lowest BCUT2D eigenvalue weighted by molar-refractivity contribution is -0.127. The summed E-state index contributed by atoms with van der Waals surface area (Å²) in [7, 11) is 0. The zero-order chi connectivity index (χ0) is 23.8. The smallest absolute Gasteiger partial charge is 0.407 e. The van der Waals surface area contributed by atoms with Crippen LogP contribution in [-0.2, 0) is 16.0 Å². The van der Waals surface area contributed by atoms with Crippen molar-refractivity contribution in [2.24, 2.45) is 11.8 Å². The molecule has 7 heteroatoms. The summed E-state index contributed by atoms with van der Waals surface area (Å²) in [5.74, 6) is 0.451. The first-order valence-corrected chi connectivity index (χ1v) is 12.4. The second kappa shape index (κ2) is 11.6. The van der Waals surface area contributed by atoms with Gasteiger partial charge in [0.1, 0.15) is 5.60 Å². The number of aromatic nitrogens is 1. The molecule has 33 heavy (non-hydrogen) atoms. The topological polar surface area (TPSA) is 80.3 Å². The molecule has 1 saturated carbocycles. The maximum atomic E-state index is 13.2. The monoisotopic (exact) mass is 515 g/mol. The van der Waals surface area contributed by atoms with Crippen LogP contribution < -0.4 is 10.6 Å². The highest BCUT2D eigenvalue weighted by molar-refractivity contribution is 9.10. The molecular weight excluding hydrogens is 482 g/mol. The van der Waals surface area contributed by atoms with Gasteiger partial charge in [-0.15, -0.1) is 0 Å². The fourth-order valence-electron chi connectivity index (χ4n) is 4.18. The van der Waals surface area contributed by atoms with Crippen LogP contribution >= 0.6 is 15.9 Å². The van der Waals surface area contributed by atoms with Crippen LogP contribution in [0.3, 0.4) is 0 Å². The van der Waals surface area contributed by atoms with Crippen molar-refractivity contribution < 1.29 is 14.3 Å². The number of halogens is 1. The average Bonchev–Trinajstić information content (AvgIpc) is 2.77. The van der Waals surface area contributed by atoms with Crippen LogP contribution in [0.2, 0.25) is 0 Å². The number of nitrogens with zero attached hydrogens (tertiary/aromatic N) is 1. The molecule has 2 aromatic rings. The fourth-order valence-corrected chi connectivity index (χ4v) is 4.56. The molecule has 2 amide bonds. The molecule has 1 aliphatic rings. The van der Waals surface area contributed by atoms with Crippen LogP contribution in [-0.4, -0.2) is 29.1 Å². The summed E-state index contributed by atoms with van der Waals surface area (Å²) in [6, 6.07) is 12.0. The fraction of sp³-hybridized carbons (Fsp3) is 0.500. The SMILES string of the molecule is CC(C)(C)OC(=O)NCC1CCC(C(=O)N[C@@H](Cc2ccccc2)c2cncc(Br)c2)CC1. The third-order valence-corrected chi connectivity index (χ3v) is 6.31. The van der Waals surface area contributed by atoms with E-state index in [-0.39, 0.29) is 24.0 Å². The zero-order valence-electron chi connectivity index (χ0n) is 19.6. The first-order chi connectivity index (χ1) is 15.7. The highest BCUT2D eigenvalue weighted by Gasteiger charge is 2.29. The first kappa shape index (κ1) is 25.2. The van der Waals surface area contributed by atoms with Gasteiger partial charge in [0.25, 0.3) is 0 Å². The number of carbonyl (C=O) groups is 2. The lowest BCUT2D eigenvalue weighted by Gasteiger charge is -2.30. The summed E-state index contributed by atoms with van der Waals surface area (Å²) in [5.41, 5.74) is 1.65. The van der Waals surface area contributed by atoms with E-state index in [1.807, 2.05) is 51.2 Å². The highest BCUT2D eigenvalue weighted by Crippen LogP contribution is 2.30. The molecule has 0 bridgehead atoms. The van der Waals surface area contributed by atoms with E-state index in [0.717, 1.165) is 35.7 Å². The summed E-state index contributed by atoms with van der Waals surface area (Å²) in [5, 5.41) is 6.15. The Balaban J connectivity index is 1.54. The zero-order valence-corrected chi connectivity index (χ0v) is 21.2. The Morgan fingerprint density at radius 3 is 2.45 bits per heavy atom. The van der Waals surface area contributed by atoms with E-state index >= 15 is 0 Å². The molecule has 0 spiro atoms. The van der Waals surface area contributed by atoms with Crippen LogP contribution in [0.4, 0.5) is 4.79 Å². The molecule has 2 N–H and O–H groups in total. The molecule has 0 unspecified atom stereocenters. The van der Waals surface area contributed by atoms with Gasteiger partial charge in [-0.05, 0) is 91.9 Å². The number of rotatable bonds is 7. The van der Waals surface area contributed by atoms with Gasteiger partial charge in [0.05, 0.1) is 6.04 Å². The maximum absolute atomic E-state index is 13.2. The molecule has 6 nitrogen and oxygen atoms in total. The largest absolute Gasteiger partial charge is 0.444 e. The molecule has 0 saturated heterocycles. The van der Waals surface area contributed by atoms with Crippen LogP contribution in [0.25, 0.3) is 0 Å². The standard InChI is InChI=1S/C26H34BrN3O3/c1-26(2,3)33-25(32)29-15-19-9-11-20(12-10-19)24(31)30-23(13-18-7-5-4-6-8-18)21-14-22(27)17-28-16-21/h4-8,14,16-17,19-20,23H,9-13,15H2,1-3H3,(H,29,32)(H,30,31)/t19?,20?,23-/m0/s1. The van der Waals surface area contributed by atoms with Crippen molar-refractivity contribution in [2.75, 3.05) is 6.54 Å². The van der Waals surface area contributed by atoms with Crippen molar-refractivity contribution in [3.63, 3.8) is 0 Å². The van der Waals surface area contributed by atoms with Gasteiger partial charge in [0.2, 0.25) is 5.91 Å². The lowest BCUT2D eigenvalue weighted by Crippen LogP contribution is -2.39. The minimum absolute atomic E-state index is 0.0128. The molecule has 0 radical (unpaired) electrons. The third-order valence-electron chi connectivity index (χ3n) is 5.88. The van der Waals surface area contributed by atoms with Crippen LogP contribution in [0.15, 0.2) is 53.3 Å². The number of ether oxygens (including phenoxy) is 1. The number of nitrogens with one attached hydrogen (secondary N) is 2. The van der Waals surface area contributed by atoms with E-state index in [0.29, 0.717) is 18.9 Å². The van der Waals surface area contributed by atoms with Crippen molar-refractivity contribution in [3.05, 3.63) is 64.4 Å². The summed E-state index contributed by atoms with van der Waals surface area (Å²) in [6.07, 6.45) is 7.36. The van der Waals surface area contributed by atoms with Gasteiger partial charge in [-0.1, -0.05) is 30.3 Å². The summed E-state index contributed by atoms with van der Waals surface area (Å²) >= 11 is 3.49. The minimum atomic E-state index is -0.500. The van der Waals surface area contributed by atoms with Gasteiger partial charge >= 0.3 is 6.09 Å². The molecule has 1 atom stereocenters. The number of carbonyl (C=O) groups excluding carboxylic acids is 2. The minimum Gasteiger partial charge on any atom is -0.444 e. The Labute approximate surface area is 205 Å². The second-order valence-corrected chi connectivity index (χ2v) is 10.7. The molecule has 1 aromatic carbocycles. The molecule has 178 valence electrons. The van der Waals surface area contributed by atoms with E-state index < -0.39 is 5.60 Å². The highest BCUT2D eigenvalue weighted by atomic mass is 79.9. The summed E-state index contributed by atoms with van der Waals surface area (Å²) < 4.78 is 6.20. The third kappa shape index (κ3) is 8.46. The summed E-state index contributed by atoms with van der Waals surface area (Å²) in [6.45, 7) is 6.15. The Hall–Kier alpha value is -2.41. The first-order valence-electron chi connectivity index (χ1n) is 11.6. The van der Waals surface area contributed by atoms with E-state index in [2.05, 4.69) is 43.7 Å². The van der Waals surface area contributed by atoms with Crippen molar-refractivity contribution >= 4 is 27.9 Å². The summed E-state index contributed by atoms with van der Waals surface area (Å²) in [4.78, 5) is 29.3. The quantitative estimate of drug-likeness (QED) is 0.504. The van der Waals surface area contributed by atoms with Gasteiger partial charge in [-0.2, -0.15) is 0 Å². The van der Waals surface area contributed by atoms with Gasteiger partial charge < -0.3 is 15.4 Å². The van der Waals surface area contributed by atoms with Gasteiger partial charge in [-0.25, -0.2) is 4.79 Å². The number of alkyl carbamates (subject to hydrolysis) is 1. The number of pyridine rings is 1. The van der Waals surface area contributed by atoms with E-state index in [9.17, 15) is 9.59 Å². The lowest BCUT2D eigenvalue weighted by atomic mass is 9.81. The number of amides is 2. The van der Waals surface area contributed by atoms with Crippen LogP contribution in [0, 0.1) is 11.8 Å². The second-order valence-electron chi connectivity index (χ2n) is 9.79. The van der Waals surface area contributed by atoms with Crippen LogP contribution in [0.5, 0.6) is 0 Å². The Bertz CT molecular complexity index is 922. The molecule has 3 rings (SSSR count). The molecular formula is C26H34BrN3O3.